The fourth-order valence-electron chi connectivity index (χ4n) is 4.36. The Kier molecular flexibility index (Phi) is 14.2. The molecule has 6 aromatic carbocycles. The minimum atomic E-state index is -0.446. The van der Waals surface area contributed by atoms with Gasteiger partial charge in [0.1, 0.15) is 0 Å². The zero-order chi connectivity index (χ0) is 28.5. The Labute approximate surface area is 268 Å². The van der Waals surface area contributed by atoms with Crippen LogP contribution in [0.15, 0.2) is 182 Å². The number of hydrogen-bond acceptors (Lipinski definition) is 0. The molecule has 0 saturated carbocycles. The fourth-order valence-corrected chi connectivity index (χ4v) is 8.97. The van der Waals surface area contributed by atoms with Gasteiger partial charge in [-0.1, -0.05) is 182 Å². The van der Waals surface area contributed by atoms with Crippen molar-refractivity contribution in [1.29, 1.82) is 0 Å². The average Bonchev–Trinajstić information content (AvgIpc) is 3.05. The SMILES string of the molecule is [Br][Pt][Br].c1ccc(P(c2ccccc2)c2ccccc2)cc1.c1ccc(P(c2ccccc2)c2ccccc2)cc1. The van der Waals surface area contributed by atoms with Gasteiger partial charge in [0.2, 0.25) is 0 Å². The molecule has 5 heteroatoms. The van der Waals surface area contributed by atoms with Gasteiger partial charge in [-0.15, -0.1) is 0 Å². The van der Waals surface area contributed by atoms with Gasteiger partial charge in [-0.25, -0.2) is 0 Å². The van der Waals surface area contributed by atoms with Crippen molar-refractivity contribution in [1.82, 2.24) is 0 Å². The Morgan fingerprint density at radius 3 is 0.512 bits per heavy atom. The van der Waals surface area contributed by atoms with E-state index in [0.29, 0.717) is 0 Å². The number of rotatable bonds is 6. The molecule has 41 heavy (non-hydrogen) atoms. The second-order valence-electron chi connectivity index (χ2n) is 8.73. The molecule has 0 N–H and O–H groups in total. The number of hydrogen-bond donors (Lipinski definition) is 0. The van der Waals surface area contributed by atoms with Crippen molar-refractivity contribution >= 4 is 74.3 Å². The molecule has 6 aromatic rings. The quantitative estimate of drug-likeness (QED) is 0.147. The van der Waals surface area contributed by atoms with Crippen LogP contribution in [0.1, 0.15) is 0 Å². The minimum absolute atomic E-state index is 0.208. The molecule has 0 heterocycles. The maximum Gasteiger partial charge on any atom is -0.0134 e. The molecule has 0 aromatic heterocycles. The van der Waals surface area contributed by atoms with E-state index >= 15 is 0 Å². The van der Waals surface area contributed by atoms with E-state index in [2.05, 4.69) is 209 Å². The Hall–Kier alpha value is -2.17. The Balaban J connectivity index is 0.000000173. The van der Waals surface area contributed by atoms with Gasteiger partial charge < -0.3 is 0 Å². The van der Waals surface area contributed by atoms with Crippen LogP contribution < -0.4 is 31.8 Å². The topological polar surface area (TPSA) is 0 Å². The summed E-state index contributed by atoms with van der Waals surface area (Å²) in [5, 5.41) is 8.39. The normalized spacial score (nSPS) is 10.3. The van der Waals surface area contributed by atoms with Gasteiger partial charge in [-0.2, -0.15) is 0 Å². The van der Waals surface area contributed by atoms with Gasteiger partial charge in [0.05, 0.1) is 0 Å². The summed E-state index contributed by atoms with van der Waals surface area (Å²) in [5.74, 6) is 0. The van der Waals surface area contributed by atoms with Crippen LogP contribution in [-0.2, 0) is 14.5 Å². The van der Waals surface area contributed by atoms with Gasteiger partial charge >= 0.3 is 41.0 Å². The molecule has 0 amide bonds. The third kappa shape index (κ3) is 9.96. The summed E-state index contributed by atoms with van der Waals surface area (Å²) in [7, 11) is -0.892. The van der Waals surface area contributed by atoms with Crippen molar-refractivity contribution in [2.24, 2.45) is 0 Å². The predicted octanol–water partition coefficient (Wildman–Crippen LogP) is 8.58. The molecular weight excluding hydrogens is 849 g/mol. The second kappa shape index (κ2) is 18.4. The van der Waals surface area contributed by atoms with E-state index in [1.54, 1.807) is 0 Å². The molecule has 0 saturated heterocycles. The number of halogens is 2. The first kappa shape index (κ1) is 31.8. The van der Waals surface area contributed by atoms with Crippen LogP contribution in [0.2, 0.25) is 0 Å². The molecule has 0 nitrogen and oxygen atoms in total. The molecule has 0 aliphatic carbocycles. The van der Waals surface area contributed by atoms with E-state index in [4.69, 9.17) is 0 Å². The predicted molar refractivity (Wildman–Crippen MR) is 188 cm³/mol. The third-order valence-corrected chi connectivity index (χ3v) is 11.0. The van der Waals surface area contributed by atoms with Crippen LogP contribution >= 0.6 is 42.4 Å². The third-order valence-electron chi connectivity index (χ3n) is 6.09. The van der Waals surface area contributed by atoms with Crippen molar-refractivity contribution in [2.45, 2.75) is 0 Å². The summed E-state index contributed by atoms with van der Waals surface area (Å²) in [6.07, 6.45) is 0. The van der Waals surface area contributed by atoms with Crippen molar-refractivity contribution in [2.75, 3.05) is 0 Å². The monoisotopic (exact) mass is 877 g/mol. The fraction of sp³-hybridized carbons (Fsp3) is 0. The Morgan fingerprint density at radius 1 is 0.268 bits per heavy atom. The van der Waals surface area contributed by atoms with Crippen LogP contribution in [0.4, 0.5) is 0 Å². The van der Waals surface area contributed by atoms with Crippen LogP contribution in [-0.4, -0.2) is 0 Å². The zero-order valence-electron chi connectivity index (χ0n) is 22.3. The van der Waals surface area contributed by atoms with Gasteiger partial charge in [0, 0.05) is 0 Å². The molecule has 0 radical (unpaired) electrons. The standard InChI is InChI=1S/2C18H15P.2BrH.Pt/c2*1-4-10-16(11-5-1)19(17-12-6-2-7-13-17)18-14-8-3-9-15-18;;;/h2*1-15H;2*1H;/q;;;;+2/p-2. The first-order valence-electron chi connectivity index (χ1n) is 13.0. The van der Waals surface area contributed by atoms with Crippen molar-refractivity contribution in [3.8, 4) is 0 Å². The van der Waals surface area contributed by atoms with E-state index < -0.39 is 15.8 Å². The summed E-state index contributed by atoms with van der Waals surface area (Å²) < 4.78 is 0. The molecule has 0 aliphatic rings. The Morgan fingerprint density at radius 2 is 0.390 bits per heavy atom. The molecule has 208 valence electrons. The van der Waals surface area contributed by atoms with E-state index in [-0.39, 0.29) is 14.5 Å². The maximum absolute atomic E-state index is 3.17. The van der Waals surface area contributed by atoms with Gasteiger partial charge in [0.25, 0.3) is 0 Å². The summed E-state index contributed by atoms with van der Waals surface area (Å²) >= 11 is 6.56. The molecule has 0 spiro atoms. The van der Waals surface area contributed by atoms with E-state index in [1.807, 2.05) is 0 Å². The molecule has 6 rings (SSSR count). The largest absolute Gasteiger partial charge is 0.0622 e. The Bertz CT molecular complexity index is 1200. The van der Waals surface area contributed by atoms with Gasteiger partial charge in [0.15, 0.2) is 0 Å². The van der Waals surface area contributed by atoms with Crippen LogP contribution in [0.5, 0.6) is 0 Å². The van der Waals surface area contributed by atoms with Crippen LogP contribution in [0.25, 0.3) is 0 Å². The zero-order valence-corrected chi connectivity index (χ0v) is 29.5. The van der Waals surface area contributed by atoms with Gasteiger partial charge in [-0.3, -0.25) is 0 Å². The maximum atomic E-state index is 3.17. The summed E-state index contributed by atoms with van der Waals surface area (Å²) in [5.41, 5.74) is 0. The van der Waals surface area contributed by atoms with Crippen LogP contribution in [0, 0.1) is 0 Å². The first-order chi connectivity index (χ1) is 20.3. The summed E-state index contributed by atoms with van der Waals surface area (Å²) in [4.78, 5) is 0. The van der Waals surface area contributed by atoms with Crippen molar-refractivity contribution in [3.63, 3.8) is 0 Å². The van der Waals surface area contributed by atoms with E-state index in [9.17, 15) is 0 Å². The smallest absolute Gasteiger partial charge is 0.0134 e. The van der Waals surface area contributed by atoms with E-state index in [0.717, 1.165) is 0 Å². The van der Waals surface area contributed by atoms with E-state index in [1.165, 1.54) is 31.8 Å². The molecular formula is C36H30Br2P2Pt. The van der Waals surface area contributed by atoms with Gasteiger partial charge in [-0.05, 0) is 47.7 Å². The summed E-state index contributed by atoms with van der Waals surface area (Å²) in [6, 6.07) is 64.7. The van der Waals surface area contributed by atoms with Crippen molar-refractivity contribution < 1.29 is 14.5 Å². The second-order valence-corrected chi connectivity index (χ2v) is 23.1. The molecule has 0 aliphatic heterocycles. The number of benzene rings is 6. The van der Waals surface area contributed by atoms with Crippen molar-refractivity contribution in [3.05, 3.63) is 182 Å². The van der Waals surface area contributed by atoms with Crippen LogP contribution in [0.3, 0.4) is 0 Å². The molecule has 0 unspecified atom stereocenters. The molecule has 0 bridgehead atoms. The molecule has 0 atom stereocenters. The molecule has 0 fully saturated rings. The summed E-state index contributed by atoms with van der Waals surface area (Å²) in [6.45, 7) is 0. The first-order valence-corrected chi connectivity index (χ1v) is 25.7. The average molecular weight is 879 g/mol. The minimum Gasteiger partial charge on any atom is -0.0622 e.